The standard InChI is InChI=1S/C27H26F3N5O4S/c1-18-9-11-19(12-10-18)17-35-14-13-24(34-35)33-25(36)8-5-15-40(37,38)26-31-21(16-23(32-26)27(28,29)30)20-6-3-4-7-22(20)39-2/h3-4,6-7,9-14,16H,5,8,15,17H2,1-2H3,(H,33,34,36). The summed E-state index contributed by atoms with van der Waals surface area (Å²) in [4.78, 5) is 19.6. The first-order chi connectivity index (χ1) is 18.9. The molecule has 1 amide bonds. The highest BCUT2D eigenvalue weighted by atomic mass is 32.2. The number of methoxy groups -OCH3 is 1. The quantitative estimate of drug-likeness (QED) is 0.268. The lowest BCUT2D eigenvalue weighted by molar-refractivity contribution is -0.141. The van der Waals surface area contributed by atoms with Crippen LogP contribution >= 0.6 is 0 Å². The average molecular weight is 574 g/mol. The van der Waals surface area contributed by atoms with Crippen molar-refractivity contribution < 1.29 is 31.1 Å². The van der Waals surface area contributed by atoms with Gasteiger partial charge in [-0.1, -0.05) is 42.0 Å². The lowest BCUT2D eigenvalue weighted by Crippen LogP contribution is -2.18. The molecule has 4 aromatic rings. The number of alkyl halides is 3. The Morgan fingerprint density at radius 1 is 1.05 bits per heavy atom. The summed E-state index contributed by atoms with van der Waals surface area (Å²) in [5.74, 6) is -0.608. The van der Waals surface area contributed by atoms with Crippen LogP contribution in [0.1, 0.15) is 29.7 Å². The summed E-state index contributed by atoms with van der Waals surface area (Å²) in [7, 11) is -3.02. The second-order valence-electron chi connectivity index (χ2n) is 8.97. The predicted octanol–water partition coefficient (Wildman–Crippen LogP) is 4.92. The third kappa shape index (κ3) is 7.23. The lowest BCUT2D eigenvalue weighted by atomic mass is 10.1. The summed E-state index contributed by atoms with van der Waals surface area (Å²) in [5, 5.41) is 5.91. The molecule has 9 nitrogen and oxygen atoms in total. The zero-order valence-corrected chi connectivity index (χ0v) is 22.5. The van der Waals surface area contributed by atoms with Crippen LogP contribution in [0.2, 0.25) is 0 Å². The Bertz CT molecular complexity index is 1600. The Kier molecular flexibility index (Phi) is 8.52. The molecule has 0 unspecified atom stereocenters. The number of rotatable bonds is 10. The number of carbonyl (C=O) groups excluding carboxylic acids is 1. The molecule has 0 radical (unpaired) electrons. The maximum Gasteiger partial charge on any atom is 0.433 e. The number of nitrogens with zero attached hydrogens (tertiary/aromatic N) is 4. The molecular formula is C27H26F3N5O4S. The van der Waals surface area contributed by atoms with Crippen LogP contribution in [0.25, 0.3) is 11.3 Å². The van der Waals surface area contributed by atoms with Crippen LogP contribution in [0.15, 0.2) is 72.0 Å². The van der Waals surface area contributed by atoms with Gasteiger partial charge in [-0.25, -0.2) is 18.4 Å². The van der Waals surface area contributed by atoms with Gasteiger partial charge in [-0.3, -0.25) is 9.48 Å². The van der Waals surface area contributed by atoms with Gasteiger partial charge in [-0.2, -0.15) is 18.3 Å². The summed E-state index contributed by atoms with van der Waals surface area (Å²) in [6, 6.07) is 16.4. The van der Waals surface area contributed by atoms with Gasteiger partial charge in [0.05, 0.1) is 25.1 Å². The first kappa shape index (κ1) is 28.7. The Morgan fingerprint density at radius 3 is 2.48 bits per heavy atom. The lowest BCUT2D eigenvalue weighted by Gasteiger charge is -2.13. The predicted molar refractivity (Wildman–Crippen MR) is 141 cm³/mol. The molecule has 0 aliphatic heterocycles. The number of halogens is 3. The van der Waals surface area contributed by atoms with Crippen molar-refractivity contribution in [1.82, 2.24) is 19.7 Å². The van der Waals surface area contributed by atoms with E-state index in [0.29, 0.717) is 18.4 Å². The number of ether oxygens (including phenoxy) is 1. The van der Waals surface area contributed by atoms with E-state index in [4.69, 9.17) is 4.74 Å². The van der Waals surface area contributed by atoms with E-state index in [9.17, 15) is 26.4 Å². The molecule has 0 saturated heterocycles. The van der Waals surface area contributed by atoms with Gasteiger partial charge in [0.25, 0.3) is 0 Å². The summed E-state index contributed by atoms with van der Waals surface area (Å²) >= 11 is 0. The molecule has 0 bridgehead atoms. The topological polar surface area (TPSA) is 116 Å². The van der Waals surface area contributed by atoms with E-state index < -0.39 is 38.5 Å². The number of hydrogen-bond donors (Lipinski definition) is 1. The molecule has 13 heteroatoms. The number of aryl methyl sites for hydroxylation is 1. The largest absolute Gasteiger partial charge is 0.496 e. The maximum absolute atomic E-state index is 13.6. The van der Waals surface area contributed by atoms with Crippen molar-refractivity contribution in [3.63, 3.8) is 0 Å². The SMILES string of the molecule is COc1ccccc1-c1cc(C(F)(F)F)nc(S(=O)(=O)CCCC(=O)Nc2ccn(Cc3ccc(C)cc3)n2)n1. The highest BCUT2D eigenvalue weighted by molar-refractivity contribution is 7.91. The fraction of sp³-hybridized carbons (Fsp3) is 0.259. The molecule has 4 rings (SSSR count). The molecule has 0 spiro atoms. The molecule has 210 valence electrons. The van der Waals surface area contributed by atoms with Gasteiger partial charge < -0.3 is 10.1 Å². The first-order valence-electron chi connectivity index (χ1n) is 12.2. The Balaban J connectivity index is 1.42. The molecule has 0 atom stereocenters. The van der Waals surface area contributed by atoms with Gasteiger partial charge in [0.15, 0.2) is 5.82 Å². The first-order valence-corrected chi connectivity index (χ1v) is 13.8. The van der Waals surface area contributed by atoms with E-state index in [-0.39, 0.29) is 29.8 Å². The summed E-state index contributed by atoms with van der Waals surface area (Å²) in [5.41, 5.74) is 0.687. The highest BCUT2D eigenvalue weighted by Gasteiger charge is 2.35. The maximum atomic E-state index is 13.6. The normalized spacial score (nSPS) is 11.8. The van der Waals surface area contributed by atoms with Crippen molar-refractivity contribution in [1.29, 1.82) is 0 Å². The minimum Gasteiger partial charge on any atom is -0.496 e. The number of anilines is 1. The molecule has 0 aliphatic rings. The molecule has 2 heterocycles. The number of aromatic nitrogens is 4. The number of carbonyl (C=O) groups is 1. The van der Waals surface area contributed by atoms with E-state index in [0.717, 1.165) is 11.1 Å². The van der Waals surface area contributed by atoms with Crippen LogP contribution in [0, 0.1) is 6.92 Å². The van der Waals surface area contributed by atoms with E-state index >= 15 is 0 Å². The zero-order chi connectivity index (χ0) is 28.9. The Morgan fingerprint density at radius 2 is 1.77 bits per heavy atom. The van der Waals surface area contributed by atoms with Crippen LogP contribution in [0.5, 0.6) is 5.75 Å². The van der Waals surface area contributed by atoms with Crippen molar-refractivity contribution in [3.8, 4) is 17.0 Å². The third-order valence-electron chi connectivity index (χ3n) is 5.85. The van der Waals surface area contributed by atoms with Crippen molar-refractivity contribution in [2.75, 3.05) is 18.2 Å². The highest BCUT2D eigenvalue weighted by Crippen LogP contribution is 2.34. The van der Waals surface area contributed by atoms with Crippen molar-refractivity contribution in [2.24, 2.45) is 0 Å². The van der Waals surface area contributed by atoms with Gasteiger partial charge in [0.2, 0.25) is 20.9 Å². The van der Waals surface area contributed by atoms with E-state index in [1.165, 1.54) is 19.2 Å². The smallest absolute Gasteiger partial charge is 0.433 e. The van der Waals surface area contributed by atoms with Crippen molar-refractivity contribution in [2.45, 2.75) is 37.6 Å². The summed E-state index contributed by atoms with van der Waals surface area (Å²) in [6.45, 7) is 2.49. The number of nitrogens with one attached hydrogen (secondary N) is 1. The summed E-state index contributed by atoms with van der Waals surface area (Å²) in [6.07, 6.45) is -3.58. The molecule has 0 fully saturated rings. The van der Waals surface area contributed by atoms with Crippen molar-refractivity contribution in [3.05, 3.63) is 83.7 Å². The Hall–Kier alpha value is -4.26. The van der Waals surface area contributed by atoms with Crippen LogP contribution in [0.4, 0.5) is 19.0 Å². The van der Waals surface area contributed by atoms with Crippen LogP contribution < -0.4 is 10.1 Å². The molecule has 40 heavy (non-hydrogen) atoms. The summed E-state index contributed by atoms with van der Waals surface area (Å²) < 4.78 is 73.3. The van der Waals surface area contributed by atoms with Crippen LogP contribution in [-0.4, -0.2) is 46.9 Å². The van der Waals surface area contributed by atoms with Gasteiger partial charge in [-0.15, -0.1) is 0 Å². The van der Waals surface area contributed by atoms with Crippen LogP contribution in [-0.2, 0) is 27.4 Å². The molecule has 0 saturated carbocycles. The number of benzene rings is 2. The molecule has 2 aromatic carbocycles. The monoisotopic (exact) mass is 573 g/mol. The van der Waals surface area contributed by atoms with Gasteiger partial charge in [0, 0.05) is 24.2 Å². The molecule has 1 N–H and O–H groups in total. The number of sulfone groups is 1. The molecule has 0 aliphatic carbocycles. The molecular weight excluding hydrogens is 547 g/mol. The number of amides is 1. The zero-order valence-electron chi connectivity index (χ0n) is 21.6. The van der Waals surface area contributed by atoms with Gasteiger partial charge in [-0.05, 0) is 37.1 Å². The van der Waals surface area contributed by atoms with E-state index in [1.807, 2.05) is 31.2 Å². The minimum atomic E-state index is -4.91. The van der Waals surface area contributed by atoms with Crippen LogP contribution in [0.3, 0.4) is 0 Å². The van der Waals surface area contributed by atoms with Crippen molar-refractivity contribution >= 4 is 21.6 Å². The number of hydrogen-bond acceptors (Lipinski definition) is 7. The third-order valence-corrected chi connectivity index (χ3v) is 7.41. The fourth-order valence-electron chi connectivity index (χ4n) is 3.82. The second-order valence-corrected chi connectivity index (χ2v) is 11.0. The van der Waals surface area contributed by atoms with E-state index in [2.05, 4.69) is 20.4 Å². The average Bonchev–Trinajstić information content (AvgIpc) is 3.35. The second kappa shape index (κ2) is 11.9. The van der Waals surface area contributed by atoms with Gasteiger partial charge in [0.1, 0.15) is 11.4 Å². The fourth-order valence-corrected chi connectivity index (χ4v) is 5.00. The molecule has 2 aromatic heterocycles. The van der Waals surface area contributed by atoms with Gasteiger partial charge >= 0.3 is 6.18 Å². The minimum absolute atomic E-state index is 0.165. The Labute approximate surface area is 229 Å². The van der Waals surface area contributed by atoms with E-state index in [1.54, 1.807) is 29.1 Å². The number of para-hydroxylation sites is 1.